The van der Waals surface area contributed by atoms with Crippen LogP contribution >= 0.6 is 0 Å². The second-order valence-corrected chi connectivity index (χ2v) is 17.6. The fraction of sp³-hybridized carbons (Fsp3) is 0.105. The van der Waals surface area contributed by atoms with E-state index in [0.29, 0.717) is 5.89 Å². The van der Waals surface area contributed by atoms with Crippen LogP contribution in [-0.4, -0.2) is 4.98 Å². The van der Waals surface area contributed by atoms with Gasteiger partial charge in [-0.1, -0.05) is 155 Å². The smallest absolute Gasteiger partial charge is 0.227 e. The van der Waals surface area contributed by atoms with Crippen molar-refractivity contribution in [3.05, 3.63) is 204 Å². The molecule has 1 aromatic heterocycles. The summed E-state index contributed by atoms with van der Waals surface area (Å²) in [6.07, 6.45) is 0. The quantitative estimate of drug-likeness (QED) is 0.163. The van der Waals surface area contributed by atoms with Crippen LogP contribution < -0.4 is 4.90 Å². The van der Waals surface area contributed by atoms with Gasteiger partial charge in [0.15, 0.2) is 5.58 Å². The van der Waals surface area contributed by atoms with Gasteiger partial charge in [-0.05, 0) is 121 Å². The summed E-state index contributed by atoms with van der Waals surface area (Å²) in [6.45, 7) is 9.44. The third-order valence-electron chi connectivity index (χ3n) is 13.5. The zero-order valence-corrected chi connectivity index (χ0v) is 34.1. The highest BCUT2D eigenvalue weighted by molar-refractivity contribution is 6.23. The summed E-state index contributed by atoms with van der Waals surface area (Å²) in [6, 6.07) is 66.4. The molecule has 9 aromatic carbocycles. The molecule has 60 heavy (non-hydrogen) atoms. The summed E-state index contributed by atoms with van der Waals surface area (Å²) in [5.74, 6) is 0.639. The maximum absolute atomic E-state index is 6.49. The van der Waals surface area contributed by atoms with Crippen LogP contribution in [-0.2, 0) is 10.8 Å². The molecule has 2 aliphatic carbocycles. The Morgan fingerprint density at radius 1 is 0.383 bits per heavy atom. The largest absolute Gasteiger partial charge is 0.435 e. The molecule has 0 atom stereocenters. The van der Waals surface area contributed by atoms with Crippen LogP contribution in [0.25, 0.3) is 77.5 Å². The van der Waals surface area contributed by atoms with Crippen LogP contribution in [0.4, 0.5) is 17.1 Å². The molecule has 0 aliphatic heterocycles. The highest BCUT2D eigenvalue weighted by Crippen LogP contribution is 2.53. The fourth-order valence-corrected chi connectivity index (χ4v) is 10.4. The molecule has 12 rings (SSSR count). The molecule has 0 bridgehead atoms. The van der Waals surface area contributed by atoms with Gasteiger partial charge in [-0.2, -0.15) is 0 Å². The van der Waals surface area contributed by atoms with Gasteiger partial charge in [-0.25, -0.2) is 4.98 Å². The summed E-state index contributed by atoms with van der Waals surface area (Å²) < 4.78 is 6.49. The predicted molar refractivity (Wildman–Crippen MR) is 250 cm³/mol. The molecule has 0 radical (unpaired) electrons. The van der Waals surface area contributed by atoms with E-state index < -0.39 is 0 Å². The van der Waals surface area contributed by atoms with Crippen LogP contribution in [0.3, 0.4) is 0 Å². The van der Waals surface area contributed by atoms with Crippen molar-refractivity contribution in [3.8, 4) is 44.8 Å². The minimum absolute atomic E-state index is 0.111. The van der Waals surface area contributed by atoms with Crippen molar-refractivity contribution in [3.63, 3.8) is 0 Å². The van der Waals surface area contributed by atoms with Crippen molar-refractivity contribution in [1.29, 1.82) is 0 Å². The van der Waals surface area contributed by atoms with E-state index in [-0.39, 0.29) is 10.8 Å². The average molecular weight is 771 g/mol. The second-order valence-electron chi connectivity index (χ2n) is 17.6. The summed E-state index contributed by atoms with van der Waals surface area (Å²) in [4.78, 5) is 7.51. The van der Waals surface area contributed by atoms with Gasteiger partial charge in [0.05, 0.1) is 0 Å². The van der Waals surface area contributed by atoms with Crippen molar-refractivity contribution in [2.75, 3.05) is 4.90 Å². The van der Waals surface area contributed by atoms with E-state index in [1.165, 1.54) is 44.5 Å². The molecule has 286 valence electrons. The number of benzene rings is 9. The zero-order valence-electron chi connectivity index (χ0n) is 34.1. The zero-order chi connectivity index (χ0) is 40.3. The summed E-state index contributed by atoms with van der Waals surface area (Å²) in [7, 11) is 0. The van der Waals surface area contributed by atoms with E-state index >= 15 is 0 Å². The van der Waals surface area contributed by atoms with Crippen molar-refractivity contribution >= 4 is 49.7 Å². The van der Waals surface area contributed by atoms with Gasteiger partial charge < -0.3 is 9.32 Å². The van der Waals surface area contributed by atoms with Crippen molar-refractivity contribution in [1.82, 2.24) is 4.98 Å². The maximum Gasteiger partial charge on any atom is 0.227 e. The predicted octanol–water partition coefficient (Wildman–Crippen LogP) is 15.6. The molecule has 0 N–H and O–H groups in total. The lowest BCUT2D eigenvalue weighted by Gasteiger charge is -2.30. The Kier molecular flexibility index (Phi) is 7.32. The maximum atomic E-state index is 6.49. The molecule has 10 aromatic rings. The molecule has 0 unspecified atom stereocenters. The normalized spacial score (nSPS) is 14.3. The van der Waals surface area contributed by atoms with Crippen LogP contribution in [0, 0.1) is 0 Å². The van der Waals surface area contributed by atoms with Crippen molar-refractivity contribution < 1.29 is 4.42 Å². The topological polar surface area (TPSA) is 29.3 Å². The number of rotatable bonds is 5. The monoisotopic (exact) mass is 770 g/mol. The highest BCUT2D eigenvalue weighted by atomic mass is 16.3. The Balaban J connectivity index is 0.988. The molecular formula is C57H42N2O. The number of hydrogen-bond acceptors (Lipinski definition) is 3. The van der Waals surface area contributed by atoms with Crippen molar-refractivity contribution in [2.45, 2.75) is 38.5 Å². The van der Waals surface area contributed by atoms with Crippen LogP contribution in [0.15, 0.2) is 186 Å². The van der Waals surface area contributed by atoms with Gasteiger partial charge in [0.1, 0.15) is 5.52 Å². The number of aromatic nitrogens is 1. The Hall–Kier alpha value is -7.23. The number of hydrogen-bond donors (Lipinski definition) is 0. The van der Waals surface area contributed by atoms with Gasteiger partial charge in [0.25, 0.3) is 0 Å². The van der Waals surface area contributed by atoms with E-state index in [2.05, 4.69) is 184 Å². The first-order valence-corrected chi connectivity index (χ1v) is 21.0. The van der Waals surface area contributed by atoms with Gasteiger partial charge in [-0.3, -0.25) is 0 Å². The Morgan fingerprint density at radius 3 is 1.53 bits per heavy atom. The van der Waals surface area contributed by atoms with Gasteiger partial charge >= 0.3 is 0 Å². The molecule has 0 amide bonds. The Labute approximate surface area is 350 Å². The lowest BCUT2D eigenvalue weighted by Crippen LogP contribution is -2.18. The standard InChI is InChI=1S/C57H42N2O/c1-56(2)49-20-12-10-17-42(49)44-30-27-39(33-51(44)56)59(40-28-31-45-43-18-11-13-21-50(43)57(3,4)52(45)34-40)38-25-22-35(23-26-38)37-24-29-46-48(32-37)41-16-8-9-19-47(41)54-53(46)58-55(60-54)36-14-6-5-7-15-36/h5-34H,1-4H3. The van der Waals surface area contributed by atoms with Gasteiger partial charge in [0.2, 0.25) is 5.89 Å². The number of anilines is 3. The Bertz CT molecular complexity index is 3260. The molecule has 3 nitrogen and oxygen atoms in total. The first-order chi connectivity index (χ1) is 29.3. The van der Waals surface area contributed by atoms with E-state index in [1.54, 1.807) is 0 Å². The molecular weight excluding hydrogens is 729 g/mol. The number of fused-ring (bicyclic) bond motifs is 12. The van der Waals surface area contributed by atoms with E-state index in [4.69, 9.17) is 9.40 Å². The van der Waals surface area contributed by atoms with E-state index in [9.17, 15) is 0 Å². The van der Waals surface area contributed by atoms with Crippen LogP contribution in [0.1, 0.15) is 49.9 Å². The van der Waals surface area contributed by atoms with Crippen LogP contribution in [0.5, 0.6) is 0 Å². The average Bonchev–Trinajstić information content (AvgIpc) is 3.91. The Morgan fingerprint density at radius 2 is 0.900 bits per heavy atom. The van der Waals surface area contributed by atoms with Crippen LogP contribution in [0.2, 0.25) is 0 Å². The lowest BCUT2D eigenvalue weighted by molar-refractivity contribution is 0.623. The minimum atomic E-state index is -0.111. The van der Waals surface area contributed by atoms with E-state index in [1.807, 2.05) is 30.3 Å². The van der Waals surface area contributed by atoms with E-state index in [0.717, 1.165) is 66.4 Å². The van der Waals surface area contributed by atoms with Crippen molar-refractivity contribution in [2.24, 2.45) is 0 Å². The minimum Gasteiger partial charge on any atom is -0.435 e. The summed E-state index contributed by atoms with van der Waals surface area (Å²) in [5, 5.41) is 4.48. The van der Waals surface area contributed by atoms with Gasteiger partial charge in [0, 0.05) is 44.2 Å². The SMILES string of the molecule is CC1(C)c2ccccc2-c2ccc(N(c3ccc(-c4ccc5c(c4)c4ccccc4c4oc(-c6ccccc6)nc54)cc3)c3ccc4c(c3)C(C)(C)c3ccccc3-4)cc21. The molecule has 0 saturated carbocycles. The molecule has 0 fully saturated rings. The third kappa shape index (κ3) is 4.99. The summed E-state index contributed by atoms with van der Waals surface area (Å²) in [5.41, 5.74) is 19.0. The number of oxazole rings is 1. The molecule has 1 heterocycles. The molecule has 3 heteroatoms. The fourth-order valence-electron chi connectivity index (χ4n) is 10.4. The summed E-state index contributed by atoms with van der Waals surface area (Å²) >= 11 is 0. The molecule has 0 spiro atoms. The lowest BCUT2D eigenvalue weighted by atomic mass is 9.82. The first-order valence-electron chi connectivity index (χ1n) is 21.0. The van der Waals surface area contributed by atoms with Gasteiger partial charge in [-0.15, -0.1) is 0 Å². The first kappa shape index (κ1) is 34.8. The second kappa shape index (κ2) is 12.6. The molecule has 2 aliphatic rings. The highest BCUT2D eigenvalue weighted by Gasteiger charge is 2.37. The third-order valence-corrected chi connectivity index (χ3v) is 13.5. The number of nitrogens with zero attached hydrogens (tertiary/aromatic N) is 2. The molecule has 0 saturated heterocycles.